The minimum atomic E-state index is 0.484. The molecule has 2 N–H and O–H groups in total. The van der Waals surface area contributed by atoms with Crippen molar-refractivity contribution in [3.8, 4) is 0 Å². The topological polar surface area (TPSA) is 26.0 Å². The van der Waals surface area contributed by atoms with Crippen molar-refractivity contribution in [1.82, 2.24) is 0 Å². The molecule has 2 heteroatoms. The number of hydrogen-bond donors (Lipinski definition) is 1. The molecule has 0 amide bonds. The lowest BCUT2D eigenvalue weighted by molar-refractivity contribution is 0.530. The van der Waals surface area contributed by atoms with Gasteiger partial charge in [-0.1, -0.05) is 67.6 Å². The summed E-state index contributed by atoms with van der Waals surface area (Å²) in [6.45, 7) is 2.24. The van der Waals surface area contributed by atoms with E-state index in [4.69, 9.17) is 4.48 Å². The van der Waals surface area contributed by atoms with Gasteiger partial charge in [-0.3, -0.25) is 0 Å². The molecule has 0 atom stereocenters. The maximum absolute atomic E-state index is 9.00. The van der Waals surface area contributed by atoms with Crippen LogP contribution in [0.3, 0.4) is 0 Å². The Balaban J connectivity index is 0.000000606. The minimum Gasteiger partial charge on any atom is -0.172 e. The van der Waals surface area contributed by atoms with Gasteiger partial charge in [-0.15, -0.1) is 4.48 Å². The van der Waals surface area contributed by atoms with Crippen molar-refractivity contribution in [2.45, 2.75) is 12.8 Å². The van der Waals surface area contributed by atoms with Crippen molar-refractivity contribution in [3.05, 3.63) is 71.8 Å². The van der Waals surface area contributed by atoms with E-state index in [9.17, 15) is 0 Å². The molecule has 0 radical (unpaired) electrons. The first kappa shape index (κ1) is 12.4. The summed E-state index contributed by atoms with van der Waals surface area (Å²) in [4.78, 5) is 0. The van der Waals surface area contributed by atoms with E-state index in [-0.39, 0.29) is 0 Å². The van der Waals surface area contributed by atoms with E-state index in [0.717, 1.165) is 0 Å². The highest BCUT2D eigenvalue weighted by molar-refractivity contribution is 5.31. The van der Waals surface area contributed by atoms with E-state index >= 15 is 0 Å². The van der Waals surface area contributed by atoms with E-state index in [1.54, 1.807) is 0 Å². The second-order valence-corrected chi connectivity index (χ2v) is 3.54. The van der Waals surface area contributed by atoms with Gasteiger partial charge in [0.2, 0.25) is 0 Å². The van der Waals surface area contributed by atoms with Gasteiger partial charge in [-0.2, -0.15) is 5.96 Å². The molecule has 16 heavy (non-hydrogen) atoms. The number of hydrogen-bond acceptors (Lipinski definition) is 1. The highest BCUT2D eigenvalue weighted by atomic mass is 19.2. The Bertz CT molecular complexity index is 346. The van der Waals surface area contributed by atoms with Gasteiger partial charge in [0.15, 0.2) is 0 Å². The number of benzene rings is 2. The molecule has 0 aromatic heterocycles. The second kappa shape index (κ2) is 6.75. The molecule has 1 nitrogen and oxygen atoms in total. The van der Waals surface area contributed by atoms with Crippen molar-refractivity contribution in [2.24, 2.45) is 5.96 Å². The van der Waals surface area contributed by atoms with Crippen LogP contribution in [-0.4, -0.2) is 0 Å². The molecule has 0 aliphatic rings. The molecule has 0 aliphatic carbocycles. The van der Waals surface area contributed by atoms with Gasteiger partial charge in [0.1, 0.15) is 0 Å². The summed E-state index contributed by atoms with van der Waals surface area (Å²) in [5, 5.41) is 0. The summed E-state index contributed by atoms with van der Waals surface area (Å²) in [5.41, 5.74) is 2.75. The summed E-state index contributed by atoms with van der Waals surface area (Å²) in [7, 11) is 0. The molecular weight excluding hydrogens is 201 g/mol. The lowest BCUT2D eigenvalue weighted by Crippen LogP contribution is -1.94. The summed E-state index contributed by atoms with van der Waals surface area (Å²) >= 11 is 0. The van der Waals surface area contributed by atoms with Crippen molar-refractivity contribution in [1.29, 1.82) is 0 Å². The van der Waals surface area contributed by atoms with E-state index < -0.39 is 0 Å². The van der Waals surface area contributed by atoms with Crippen molar-refractivity contribution in [3.63, 3.8) is 0 Å². The molecule has 2 aromatic carbocycles. The van der Waals surface area contributed by atoms with Crippen molar-refractivity contribution >= 4 is 0 Å². The van der Waals surface area contributed by atoms with Crippen molar-refractivity contribution in [2.75, 3.05) is 0 Å². The quantitative estimate of drug-likeness (QED) is 0.763. The first-order valence-corrected chi connectivity index (χ1v) is 5.19. The molecular formula is C14H16FN. The number of nitrogens with two attached hydrogens (primary N) is 1. The monoisotopic (exact) mass is 217 g/mol. The third-order valence-corrected chi connectivity index (χ3v) is 2.60. The van der Waals surface area contributed by atoms with Crippen LogP contribution in [0, 0.1) is 0 Å². The zero-order valence-corrected chi connectivity index (χ0v) is 9.31. The maximum Gasteiger partial charge on any atom is 0.00610 e. The first-order valence-electron chi connectivity index (χ1n) is 5.19. The van der Waals surface area contributed by atoms with Crippen LogP contribution in [-0.2, 0) is 0 Å². The Hall–Kier alpha value is -1.67. The molecule has 0 unspecified atom stereocenters. The van der Waals surface area contributed by atoms with Crippen LogP contribution in [0.1, 0.15) is 24.0 Å². The Morgan fingerprint density at radius 3 is 1.38 bits per heavy atom. The van der Waals surface area contributed by atoms with Crippen LogP contribution in [0.4, 0.5) is 4.48 Å². The van der Waals surface area contributed by atoms with E-state index in [1.165, 1.54) is 11.1 Å². The van der Waals surface area contributed by atoms with Gasteiger partial charge in [0.25, 0.3) is 0 Å². The van der Waals surface area contributed by atoms with Gasteiger partial charge in [0.05, 0.1) is 0 Å². The fourth-order valence-electron chi connectivity index (χ4n) is 1.68. The first-order chi connectivity index (χ1) is 7.88. The van der Waals surface area contributed by atoms with Crippen molar-refractivity contribution < 1.29 is 4.48 Å². The average Bonchev–Trinajstić information content (AvgIpc) is 2.42. The molecule has 0 saturated heterocycles. The Morgan fingerprint density at radius 1 is 0.750 bits per heavy atom. The minimum absolute atomic E-state index is 0.484. The lowest BCUT2D eigenvalue weighted by atomic mass is 9.93. The number of rotatable bonds is 2. The van der Waals surface area contributed by atoms with E-state index in [2.05, 4.69) is 73.5 Å². The normalized spacial score (nSPS) is 9.50. The molecule has 2 aromatic rings. The fraction of sp³-hybridized carbons (Fsp3) is 0.143. The molecule has 0 fully saturated rings. The maximum atomic E-state index is 9.00. The summed E-state index contributed by atoms with van der Waals surface area (Å²) in [5.74, 6) is 3.48. The second-order valence-electron chi connectivity index (χ2n) is 3.54. The van der Waals surface area contributed by atoms with Gasteiger partial charge < -0.3 is 0 Å². The smallest absolute Gasteiger partial charge is 0.00610 e. The summed E-state index contributed by atoms with van der Waals surface area (Å²) < 4.78 is 9.00. The van der Waals surface area contributed by atoms with E-state index in [1.807, 2.05) is 0 Å². The largest absolute Gasteiger partial charge is 0.172 e. The molecule has 0 spiro atoms. The summed E-state index contributed by atoms with van der Waals surface area (Å²) in [6, 6.07) is 21.2. The predicted molar refractivity (Wildman–Crippen MR) is 65.7 cm³/mol. The standard InChI is InChI=1S/C14H14.FH2N/c1-12(13-8-4-2-5-9-13)14-10-6-3-7-11-14;1-2/h2-12H,1H3;2H2. The van der Waals surface area contributed by atoms with Crippen LogP contribution in [0.15, 0.2) is 60.7 Å². The van der Waals surface area contributed by atoms with Gasteiger partial charge in [-0.25, -0.2) is 0 Å². The molecule has 0 bridgehead atoms. The molecule has 0 aliphatic heterocycles. The Kier molecular flexibility index (Phi) is 5.23. The van der Waals surface area contributed by atoms with Crippen LogP contribution in [0.2, 0.25) is 0 Å². The molecule has 84 valence electrons. The molecule has 0 saturated carbocycles. The van der Waals surface area contributed by atoms with Crippen LogP contribution in [0.25, 0.3) is 0 Å². The lowest BCUT2D eigenvalue weighted by Gasteiger charge is -2.11. The molecule has 0 heterocycles. The van der Waals surface area contributed by atoms with Gasteiger partial charge in [-0.05, 0) is 11.1 Å². The average molecular weight is 217 g/mol. The van der Waals surface area contributed by atoms with Crippen LogP contribution < -0.4 is 5.96 Å². The Morgan fingerprint density at radius 2 is 1.06 bits per heavy atom. The third kappa shape index (κ3) is 3.17. The predicted octanol–water partition coefficient (Wildman–Crippen LogP) is 3.67. The van der Waals surface area contributed by atoms with Gasteiger partial charge in [0, 0.05) is 5.92 Å². The Labute approximate surface area is 95.7 Å². The highest BCUT2D eigenvalue weighted by Gasteiger charge is 2.05. The van der Waals surface area contributed by atoms with E-state index in [0.29, 0.717) is 5.92 Å². The SMILES string of the molecule is CC(c1ccccc1)c1ccccc1.NF. The van der Waals surface area contributed by atoms with Crippen LogP contribution >= 0.6 is 0 Å². The third-order valence-electron chi connectivity index (χ3n) is 2.60. The molecule has 2 rings (SSSR count). The highest BCUT2D eigenvalue weighted by Crippen LogP contribution is 2.22. The number of halogens is 1. The zero-order valence-electron chi connectivity index (χ0n) is 9.31. The van der Waals surface area contributed by atoms with Gasteiger partial charge >= 0.3 is 0 Å². The summed E-state index contributed by atoms with van der Waals surface area (Å²) in [6.07, 6.45) is 0. The van der Waals surface area contributed by atoms with Crippen LogP contribution in [0.5, 0.6) is 0 Å². The zero-order chi connectivity index (χ0) is 11.8. The fourth-order valence-corrected chi connectivity index (χ4v) is 1.68.